The van der Waals surface area contributed by atoms with Crippen LogP contribution in [-0.4, -0.2) is 56.4 Å². The average Bonchev–Trinajstić information content (AvgIpc) is 2.46. The maximum absolute atomic E-state index is 11.5. The van der Waals surface area contributed by atoms with Gasteiger partial charge in [-0.15, -0.1) is 0 Å². The van der Waals surface area contributed by atoms with Gasteiger partial charge >= 0.3 is 5.97 Å². The molecular formula is C15H18O7. The van der Waals surface area contributed by atoms with Crippen molar-refractivity contribution in [3.05, 3.63) is 29.3 Å². The van der Waals surface area contributed by atoms with Gasteiger partial charge in [0.2, 0.25) is 0 Å². The van der Waals surface area contributed by atoms with E-state index in [9.17, 15) is 30.3 Å². The minimum Gasteiger partial charge on any atom is -0.504 e. The molecule has 1 saturated heterocycles. The topological polar surface area (TPSA) is 127 Å². The summed E-state index contributed by atoms with van der Waals surface area (Å²) in [4.78, 5) is 11.5. The molecule has 0 saturated carbocycles. The first-order valence-electron chi connectivity index (χ1n) is 6.76. The van der Waals surface area contributed by atoms with Crippen LogP contribution < -0.4 is 0 Å². The zero-order chi connectivity index (χ0) is 16.4. The smallest absolute Gasteiger partial charge is 0.332 e. The Hall–Kier alpha value is -2.09. The molecule has 1 aromatic carbocycles. The van der Waals surface area contributed by atoms with E-state index in [1.165, 1.54) is 24.3 Å². The Morgan fingerprint density at radius 2 is 1.95 bits per heavy atom. The molecule has 7 heteroatoms. The summed E-state index contributed by atoms with van der Waals surface area (Å²) in [6.07, 6.45) is -1.76. The van der Waals surface area contributed by atoms with E-state index in [-0.39, 0.29) is 23.7 Å². The number of hydrogen-bond acceptors (Lipinski definition) is 6. The molecule has 120 valence electrons. The lowest BCUT2D eigenvalue weighted by molar-refractivity contribution is -0.152. The molecule has 1 aliphatic heterocycles. The summed E-state index contributed by atoms with van der Waals surface area (Å²) < 4.78 is 5.28. The molecule has 0 unspecified atom stereocenters. The van der Waals surface area contributed by atoms with E-state index >= 15 is 0 Å². The zero-order valence-corrected chi connectivity index (χ0v) is 11.9. The molecule has 1 heterocycles. The van der Waals surface area contributed by atoms with E-state index < -0.39 is 30.2 Å². The van der Waals surface area contributed by atoms with E-state index in [4.69, 9.17) is 4.74 Å². The van der Waals surface area contributed by atoms with Gasteiger partial charge in [0.15, 0.2) is 11.5 Å². The summed E-state index contributed by atoms with van der Waals surface area (Å²) >= 11 is 0. The van der Waals surface area contributed by atoms with Crippen LogP contribution in [-0.2, 0) is 9.53 Å². The molecule has 0 aliphatic carbocycles. The number of ether oxygens (including phenoxy) is 1. The van der Waals surface area contributed by atoms with Crippen molar-refractivity contribution in [3.63, 3.8) is 0 Å². The highest BCUT2D eigenvalue weighted by Gasteiger charge is 2.40. The standard InChI is InChI=1S/C15H18O7/c1-7-13(14(19)12(18)6-22-7)9(15(20)21)4-8-2-3-10(16)11(17)5-8/h2-5,7,12-14,16-19H,6H2,1H3,(H,20,21)/b9-4-/t7-,12+,13+,14+/m1/s1. The van der Waals surface area contributed by atoms with Gasteiger partial charge < -0.3 is 30.3 Å². The van der Waals surface area contributed by atoms with Gasteiger partial charge in [-0.3, -0.25) is 0 Å². The van der Waals surface area contributed by atoms with E-state index in [0.717, 1.165) is 0 Å². The summed E-state index contributed by atoms with van der Waals surface area (Å²) in [5, 5.41) is 47.9. The van der Waals surface area contributed by atoms with Crippen LogP contribution in [0.4, 0.5) is 0 Å². The molecule has 1 aromatic rings. The summed E-state index contributed by atoms with van der Waals surface area (Å²) in [6, 6.07) is 3.86. The van der Waals surface area contributed by atoms with Gasteiger partial charge in [0.25, 0.3) is 0 Å². The second kappa shape index (κ2) is 6.35. The molecule has 4 atom stereocenters. The van der Waals surface area contributed by atoms with Gasteiger partial charge in [-0.1, -0.05) is 6.07 Å². The highest BCUT2D eigenvalue weighted by atomic mass is 16.5. The zero-order valence-electron chi connectivity index (χ0n) is 11.9. The second-order valence-corrected chi connectivity index (χ2v) is 5.28. The number of carboxylic acids is 1. The van der Waals surface area contributed by atoms with Crippen molar-refractivity contribution in [3.8, 4) is 11.5 Å². The molecule has 0 aromatic heterocycles. The molecule has 1 aliphatic rings. The number of aromatic hydroxyl groups is 2. The summed E-state index contributed by atoms with van der Waals surface area (Å²) in [5.74, 6) is -2.88. The van der Waals surface area contributed by atoms with E-state index in [2.05, 4.69) is 0 Å². The van der Waals surface area contributed by atoms with Crippen molar-refractivity contribution in [2.45, 2.75) is 25.2 Å². The predicted octanol–water partition coefficient (Wildman–Crippen LogP) is 0.323. The fourth-order valence-corrected chi connectivity index (χ4v) is 2.52. The molecule has 2 rings (SSSR count). The Morgan fingerprint density at radius 3 is 2.55 bits per heavy atom. The van der Waals surface area contributed by atoms with Crippen molar-refractivity contribution in [1.82, 2.24) is 0 Å². The van der Waals surface area contributed by atoms with Gasteiger partial charge in [0, 0.05) is 11.5 Å². The summed E-state index contributed by atoms with van der Waals surface area (Å²) in [6.45, 7) is 1.55. The minimum absolute atomic E-state index is 0.0638. The molecule has 7 nitrogen and oxygen atoms in total. The molecular weight excluding hydrogens is 292 g/mol. The highest BCUT2D eigenvalue weighted by molar-refractivity contribution is 5.93. The number of rotatable bonds is 3. The Labute approximate surface area is 126 Å². The molecule has 0 radical (unpaired) electrons. The number of phenols is 2. The van der Waals surface area contributed by atoms with E-state index in [1.807, 2.05) is 0 Å². The van der Waals surface area contributed by atoms with E-state index in [1.54, 1.807) is 6.92 Å². The maximum atomic E-state index is 11.5. The SMILES string of the molecule is C[C@H]1OC[C@H](O)[C@H](O)[C@@H]1/C(=C/c1ccc(O)c(O)c1)C(=O)O. The number of aliphatic hydroxyl groups excluding tert-OH is 2. The number of benzene rings is 1. The normalized spacial score (nSPS) is 29.3. The lowest BCUT2D eigenvalue weighted by atomic mass is 9.83. The molecule has 0 bridgehead atoms. The number of aliphatic hydroxyl groups is 2. The Bertz CT molecular complexity index is 596. The van der Waals surface area contributed by atoms with Gasteiger partial charge in [-0.05, 0) is 30.7 Å². The predicted molar refractivity (Wildman–Crippen MR) is 76.3 cm³/mol. The number of carboxylic acid groups (broad SMARTS) is 1. The van der Waals surface area contributed by atoms with Crippen molar-refractivity contribution in [2.75, 3.05) is 6.61 Å². The quantitative estimate of drug-likeness (QED) is 0.402. The molecule has 0 spiro atoms. The summed E-state index contributed by atoms with van der Waals surface area (Å²) in [5.41, 5.74) is 0.191. The highest BCUT2D eigenvalue weighted by Crippen LogP contribution is 2.31. The van der Waals surface area contributed by atoms with Crippen LogP contribution in [0.2, 0.25) is 0 Å². The van der Waals surface area contributed by atoms with Crippen molar-refractivity contribution < 1.29 is 35.1 Å². The second-order valence-electron chi connectivity index (χ2n) is 5.28. The molecule has 22 heavy (non-hydrogen) atoms. The third-order valence-electron chi connectivity index (χ3n) is 3.73. The van der Waals surface area contributed by atoms with Gasteiger partial charge in [-0.25, -0.2) is 4.79 Å². The van der Waals surface area contributed by atoms with Crippen molar-refractivity contribution in [1.29, 1.82) is 0 Å². The van der Waals surface area contributed by atoms with Gasteiger partial charge in [0.1, 0.15) is 6.10 Å². The Morgan fingerprint density at radius 1 is 1.27 bits per heavy atom. The van der Waals surface area contributed by atoms with Gasteiger partial charge in [0.05, 0.1) is 18.8 Å². The van der Waals surface area contributed by atoms with Crippen LogP contribution in [0.1, 0.15) is 12.5 Å². The van der Waals surface area contributed by atoms with Crippen molar-refractivity contribution in [2.24, 2.45) is 5.92 Å². The monoisotopic (exact) mass is 310 g/mol. The van der Waals surface area contributed by atoms with Crippen LogP contribution in [0, 0.1) is 5.92 Å². The lowest BCUT2D eigenvalue weighted by Crippen LogP contribution is -2.49. The van der Waals surface area contributed by atoms with Crippen LogP contribution in [0.25, 0.3) is 6.08 Å². The molecule has 1 fully saturated rings. The van der Waals surface area contributed by atoms with Crippen LogP contribution >= 0.6 is 0 Å². The van der Waals surface area contributed by atoms with E-state index in [0.29, 0.717) is 5.56 Å². The summed E-state index contributed by atoms with van der Waals surface area (Å²) in [7, 11) is 0. The number of phenolic OH excluding ortho intramolecular Hbond substituents is 2. The largest absolute Gasteiger partial charge is 0.504 e. The first kappa shape index (κ1) is 16.3. The fourth-order valence-electron chi connectivity index (χ4n) is 2.52. The molecule has 0 amide bonds. The van der Waals surface area contributed by atoms with Crippen molar-refractivity contribution >= 4 is 12.0 Å². The lowest BCUT2D eigenvalue weighted by Gasteiger charge is -2.37. The Balaban J connectivity index is 2.42. The van der Waals surface area contributed by atoms with Crippen LogP contribution in [0.5, 0.6) is 11.5 Å². The Kier molecular flexibility index (Phi) is 4.70. The number of aliphatic carboxylic acids is 1. The first-order valence-corrected chi connectivity index (χ1v) is 6.76. The average molecular weight is 310 g/mol. The minimum atomic E-state index is -1.27. The molecule has 5 N–H and O–H groups in total. The number of hydrogen-bond donors (Lipinski definition) is 5. The number of carbonyl (C=O) groups is 1. The third kappa shape index (κ3) is 3.22. The van der Waals surface area contributed by atoms with Gasteiger partial charge in [-0.2, -0.15) is 0 Å². The maximum Gasteiger partial charge on any atom is 0.332 e. The first-order chi connectivity index (χ1) is 10.3. The van der Waals surface area contributed by atoms with Crippen LogP contribution in [0.3, 0.4) is 0 Å². The fraction of sp³-hybridized carbons (Fsp3) is 0.400. The third-order valence-corrected chi connectivity index (χ3v) is 3.73. The van der Waals surface area contributed by atoms with Crippen LogP contribution in [0.15, 0.2) is 23.8 Å².